The molecule has 7 rings (SSSR count). The van der Waals surface area contributed by atoms with Crippen LogP contribution in [0.3, 0.4) is 0 Å². The van der Waals surface area contributed by atoms with E-state index in [9.17, 15) is 9.90 Å². The highest BCUT2D eigenvalue weighted by Gasteiger charge is 2.30. The van der Waals surface area contributed by atoms with Crippen LogP contribution in [0.2, 0.25) is 0 Å². The molecule has 2 fully saturated rings. The number of carboxylic acids is 1. The van der Waals surface area contributed by atoms with Gasteiger partial charge in [0.25, 0.3) is 0 Å². The minimum absolute atomic E-state index is 0.145. The summed E-state index contributed by atoms with van der Waals surface area (Å²) in [6.45, 7) is 5.81. The summed E-state index contributed by atoms with van der Waals surface area (Å²) in [6, 6.07) is 17.8. The Balaban J connectivity index is 1.03. The maximum absolute atomic E-state index is 11.6. The maximum atomic E-state index is 11.6. The molecule has 2 aliphatic heterocycles. The van der Waals surface area contributed by atoms with E-state index < -0.39 is 5.97 Å². The van der Waals surface area contributed by atoms with Crippen LogP contribution in [-0.2, 0) is 31.5 Å². The molecule has 0 amide bonds. The molecule has 10 nitrogen and oxygen atoms in total. The van der Waals surface area contributed by atoms with Gasteiger partial charge in [0.05, 0.1) is 47.5 Å². The molecular formula is C33H36N6O4. The lowest BCUT2D eigenvalue weighted by Gasteiger charge is -2.37. The van der Waals surface area contributed by atoms with Crippen molar-refractivity contribution in [1.82, 2.24) is 29.2 Å². The van der Waals surface area contributed by atoms with Gasteiger partial charge in [-0.15, -0.1) is 0 Å². The number of imidazole rings is 1. The van der Waals surface area contributed by atoms with Crippen LogP contribution in [0.5, 0.6) is 5.88 Å². The zero-order valence-electron chi connectivity index (χ0n) is 24.5. The van der Waals surface area contributed by atoms with E-state index >= 15 is 0 Å². The fourth-order valence-electron chi connectivity index (χ4n) is 6.34. The average molecular weight is 581 g/mol. The molecule has 2 saturated heterocycles. The van der Waals surface area contributed by atoms with Gasteiger partial charge in [-0.1, -0.05) is 18.2 Å². The minimum atomic E-state index is -0.930. The summed E-state index contributed by atoms with van der Waals surface area (Å²) in [7, 11) is 1.95. The molecule has 0 saturated carbocycles. The van der Waals surface area contributed by atoms with E-state index in [-0.39, 0.29) is 11.7 Å². The molecule has 3 atom stereocenters. The standard InChI is InChI=1S/C33H36N6O4/c1-21-14-23(27-4-3-5-32(36-27)43-20-22-6-7-25-17-34-37(2)29(25)15-22)10-12-38(21)19-31-35-28-9-8-24(33(40)41)16-30(28)39(31)18-26-11-13-42-26/h3-9,15-17,21,23,26H,10-14,18-20H2,1-2H3,(H,40,41)/t21?,23?,26-/m0/s1. The molecule has 2 aliphatic rings. The van der Waals surface area contributed by atoms with Crippen molar-refractivity contribution in [1.29, 1.82) is 0 Å². The van der Waals surface area contributed by atoms with E-state index in [2.05, 4.69) is 45.8 Å². The minimum Gasteiger partial charge on any atom is -0.478 e. The highest BCUT2D eigenvalue weighted by Crippen LogP contribution is 2.33. The largest absolute Gasteiger partial charge is 0.478 e. The molecule has 222 valence electrons. The third-order valence-electron chi connectivity index (χ3n) is 8.98. The summed E-state index contributed by atoms with van der Waals surface area (Å²) in [5.41, 5.74) is 5.19. The molecule has 43 heavy (non-hydrogen) atoms. The summed E-state index contributed by atoms with van der Waals surface area (Å²) in [6.07, 6.45) is 5.01. The molecule has 5 heterocycles. The van der Waals surface area contributed by atoms with E-state index in [4.69, 9.17) is 19.4 Å². The number of pyridine rings is 1. The van der Waals surface area contributed by atoms with Crippen LogP contribution in [-0.4, -0.2) is 65.6 Å². The number of aromatic nitrogens is 5. The Labute approximate surface area is 249 Å². The van der Waals surface area contributed by atoms with Crippen molar-refractivity contribution < 1.29 is 19.4 Å². The van der Waals surface area contributed by atoms with Crippen molar-refractivity contribution in [2.75, 3.05) is 13.2 Å². The number of hydrogen-bond donors (Lipinski definition) is 1. The zero-order chi connectivity index (χ0) is 29.5. The first-order valence-corrected chi connectivity index (χ1v) is 15.0. The molecule has 0 bridgehead atoms. The van der Waals surface area contributed by atoms with Gasteiger partial charge in [-0.05, 0) is 68.6 Å². The fraction of sp³-hybridized carbons (Fsp3) is 0.394. The molecule has 0 spiro atoms. The Bertz CT molecular complexity index is 1790. The number of carbonyl (C=O) groups is 1. The molecule has 1 N–H and O–H groups in total. The van der Waals surface area contributed by atoms with Crippen LogP contribution in [0.4, 0.5) is 0 Å². The fourth-order valence-corrected chi connectivity index (χ4v) is 6.34. The second-order valence-corrected chi connectivity index (χ2v) is 11.8. The van der Waals surface area contributed by atoms with Gasteiger partial charge in [-0.3, -0.25) is 9.58 Å². The third kappa shape index (κ3) is 5.60. The van der Waals surface area contributed by atoms with E-state index in [1.807, 2.05) is 36.1 Å². The topological polar surface area (TPSA) is 108 Å². The van der Waals surface area contributed by atoms with Crippen molar-refractivity contribution in [3.8, 4) is 5.88 Å². The number of aromatic carboxylic acids is 1. The second kappa shape index (κ2) is 11.4. The number of likely N-dealkylation sites (tertiary alicyclic amines) is 1. The molecule has 2 unspecified atom stereocenters. The lowest BCUT2D eigenvalue weighted by molar-refractivity contribution is -0.0592. The number of aryl methyl sites for hydroxylation is 1. The van der Waals surface area contributed by atoms with Gasteiger partial charge in [0.2, 0.25) is 5.88 Å². The SMILES string of the molecule is CC1CC(c2cccc(OCc3ccc4cnn(C)c4c3)n2)CCN1Cc1nc2ccc(C(=O)O)cc2n1C[C@@H]1CCO1. The van der Waals surface area contributed by atoms with Crippen molar-refractivity contribution in [3.05, 3.63) is 83.4 Å². The van der Waals surface area contributed by atoms with Crippen LogP contribution in [0.15, 0.2) is 60.8 Å². The second-order valence-electron chi connectivity index (χ2n) is 11.8. The Morgan fingerprint density at radius 1 is 1.09 bits per heavy atom. The number of benzene rings is 2. The van der Waals surface area contributed by atoms with E-state index in [1.165, 1.54) is 0 Å². The van der Waals surface area contributed by atoms with E-state index in [0.717, 1.165) is 71.4 Å². The summed E-state index contributed by atoms with van der Waals surface area (Å²) < 4.78 is 15.9. The van der Waals surface area contributed by atoms with Gasteiger partial charge in [0.1, 0.15) is 12.4 Å². The van der Waals surface area contributed by atoms with Gasteiger partial charge < -0.3 is 19.1 Å². The molecule has 10 heteroatoms. The van der Waals surface area contributed by atoms with Gasteiger partial charge in [-0.25, -0.2) is 14.8 Å². The Hall–Kier alpha value is -4.28. The molecule has 0 radical (unpaired) electrons. The molecule has 2 aromatic carbocycles. The predicted molar refractivity (Wildman–Crippen MR) is 162 cm³/mol. The molecular weight excluding hydrogens is 544 g/mol. The summed E-state index contributed by atoms with van der Waals surface area (Å²) in [5.74, 6) is 1.02. The zero-order valence-corrected chi connectivity index (χ0v) is 24.5. The van der Waals surface area contributed by atoms with Crippen molar-refractivity contribution in [2.24, 2.45) is 7.05 Å². The third-order valence-corrected chi connectivity index (χ3v) is 8.98. The molecule has 3 aromatic heterocycles. The first kappa shape index (κ1) is 27.5. The maximum Gasteiger partial charge on any atom is 0.335 e. The van der Waals surface area contributed by atoms with Crippen LogP contribution >= 0.6 is 0 Å². The van der Waals surface area contributed by atoms with Gasteiger partial charge in [-0.2, -0.15) is 5.10 Å². The first-order valence-electron chi connectivity index (χ1n) is 15.0. The van der Waals surface area contributed by atoms with E-state index in [0.29, 0.717) is 37.5 Å². The average Bonchev–Trinajstić information content (AvgIpc) is 3.53. The van der Waals surface area contributed by atoms with Crippen LogP contribution in [0.1, 0.15) is 59.5 Å². The molecule has 5 aromatic rings. The number of hydrogen-bond acceptors (Lipinski definition) is 7. The number of rotatable bonds is 9. The monoisotopic (exact) mass is 580 g/mol. The highest BCUT2D eigenvalue weighted by atomic mass is 16.5. The highest BCUT2D eigenvalue weighted by molar-refractivity contribution is 5.92. The van der Waals surface area contributed by atoms with Crippen LogP contribution in [0, 0.1) is 0 Å². The lowest BCUT2D eigenvalue weighted by Crippen LogP contribution is -2.40. The Morgan fingerprint density at radius 2 is 1.98 bits per heavy atom. The smallest absolute Gasteiger partial charge is 0.335 e. The Kier molecular flexibility index (Phi) is 7.32. The number of fused-ring (bicyclic) bond motifs is 2. The quantitative estimate of drug-likeness (QED) is 0.255. The predicted octanol–water partition coefficient (Wildman–Crippen LogP) is 5.15. The van der Waals surface area contributed by atoms with Crippen molar-refractivity contribution >= 4 is 27.9 Å². The number of nitrogens with zero attached hydrogens (tertiary/aromatic N) is 6. The summed E-state index contributed by atoms with van der Waals surface area (Å²) >= 11 is 0. The molecule has 0 aliphatic carbocycles. The first-order chi connectivity index (χ1) is 20.9. The van der Waals surface area contributed by atoms with Crippen molar-refractivity contribution in [3.63, 3.8) is 0 Å². The van der Waals surface area contributed by atoms with Gasteiger partial charge >= 0.3 is 5.97 Å². The van der Waals surface area contributed by atoms with Crippen LogP contribution < -0.4 is 4.74 Å². The van der Waals surface area contributed by atoms with Crippen molar-refractivity contribution in [2.45, 2.75) is 63.9 Å². The normalized spacial score (nSPS) is 20.8. The van der Waals surface area contributed by atoms with Gasteiger partial charge in [0.15, 0.2) is 0 Å². The summed E-state index contributed by atoms with van der Waals surface area (Å²) in [4.78, 5) is 24.0. The van der Waals surface area contributed by atoms with Crippen LogP contribution in [0.25, 0.3) is 21.9 Å². The summed E-state index contributed by atoms with van der Waals surface area (Å²) in [5, 5.41) is 15.0. The lowest BCUT2D eigenvalue weighted by atomic mass is 9.88. The van der Waals surface area contributed by atoms with E-state index in [1.54, 1.807) is 12.1 Å². The Morgan fingerprint density at radius 3 is 2.77 bits per heavy atom. The number of ether oxygens (including phenoxy) is 2. The van der Waals surface area contributed by atoms with Gasteiger partial charge in [0, 0.05) is 42.8 Å². The number of piperidine rings is 1. The number of carboxylic acid groups (broad SMARTS) is 1.